The summed E-state index contributed by atoms with van der Waals surface area (Å²) in [5.74, 6) is 0.798. The average Bonchev–Trinajstić information content (AvgIpc) is 2.65. The molecule has 0 aliphatic carbocycles. The SMILES string of the molecule is Cc1cccc(OC(=O)COc2ccc(-c3ccccc3)cc2)c1C. The van der Waals surface area contributed by atoms with E-state index in [0.717, 1.165) is 22.3 Å². The quantitative estimate of drug-likeness (QED) is 0.489. The Morgan fingerprint density at radius 2 is 1.48 bits per heavy atom. The van der Waals surface area contributed by atoms with Gasteiger partial charge in [-0.1, -0.05) is 54.6 Å². The fourth-order valence-corrected chi connectivity index (χ4v) is 2.50. The van der Waals surface area contributed by atoms with Crippen LogP contribution >= 0.6 is 0 Å². The van der Waals surface area contributed by atoms with Gasteiger partial charge in [0.1, 0.15) is 11.5 Å². The molecule has 0 aliphatic heterocycles. The Morgan fingerprint density at radius 3 is 2.20 bits per heavy atom. The Kier molecular flexibility index (Phi) is 5.14. The number of ether oxygens (including phenoxy) is 2. The molecule has 0 unspecified atom stereocenters. The van der Waals surface area contributed by atoms with E-state index in [-0.39, 0.29) is 6.61 Å². The van der Waals surface area contributed by atoms with Crippen LogP contribution < -0.4 is 9.47 Å². The molecule has 0 aliphatic rings. The molecular formula is C22H20O3. The first-order valence-corrected chi connectivity index (χ1v) is 8.18. The largest absolute Gasteiger partial charge is 0.482 e. The number of aryl methyl sites for hydroxylation is 1. The highest BCUT2D eigenvalue weighted by Crippen LogP contribution is 2.23. The van der Waals surface area contributed by atoms with Crippen molar-refractivity contribution in [3.05, 3.63) is 83.9 Å². The van der Waals surface area contributed by atoms with Crippen molar-refractivity contribution < 1.29 is 14.3 Å². The molecule has 25 heavy (non-hydrogen) atoms. The summed E-state index contributed by atoms with van der Waals surface area (Å²) in [5, 5.41) is 0. The van der Waals surface area contributed by atoms with E-state index in [2.05, 4.69) is 12.1 Å². The van der Waals surface area contributed by atoms with Crippen molar-refractivity contribution in [1.82, 2.24) is 0 Å². The Balaban J connectivity index is 1.58. The number of esters is 1. The molecule has 0 aromatic heterocycles. The van der Waals surface area contributed by atoms with E-state index in [1.807, 2.05) is 68.4 Å². The van der Waals surface area contributed by atoms with E-state index in [9.17, 15) is 4.79 Å². The van der Waals surface area contributed by atoms with Gasteiger partial charge in [0.15, 0.2) is 6.61 Å². The molecule has 0 saturated carbocycles. The van der Waals surface area contributed by atoms with Gasteiger partial charge in [-0.3, -0.25) is 0 Å². The number of carbonyl (C=O) groups is 1. The summed E-state index contributed by atoms with van der Waals surface area (Å²) in [6.07, 6.45) is 0. The zero-order chi connectivity index (χ0) is 17.6. The van der Waals surface area contributed by atoms with Crippen LogP contribution in [-0.2, 0) is 4.79 Å². The fourth-order valence-electron chi connectivity index (χ4n) is 2.50. The third-order valence-electron chi connectivity index (χ3n) is 4.10. The highest BCUT2D eigenvalue weighted by Gasteiger charge is 2.09. The van der Waals surface area contributed by atoms with E-state index < -0.39 is 5.97 Å². The molecule has 3 nitrogen and oxygen atoms in total. The Bertz CT molecular complexity index is 852. The summed E-state index contributed by atoms with van der Waals surface area (Å²) in [6, 6.07) is 23.4. The van der Waals surface area contributed by atoms with Gasteiger partial charge in [0.2, 0.25) is 0 Å². The van der Waals surface area contributed by atoms with Gasteiger partial charge in [0.25, 0.3) is 0 Å². The maximum atomic E-state index is 12.0. The maximum Gasteiger partial charge on any atom is 0.349 e. The fraction of sp³-hybridized carbons (Fsp3) is 0.136. The van der Waals surface area contributed by atoms with Crippen LogP contribution in [0.4, 0.5) is 0 Å². The lowest BCUT2D eigenvalue weighted by molar-refractivity contribution is -0.136. The summed E-state index contributed by atoms with van der Waals surface area (Å²) in [5.41, 5.74) is 4.29. The van der Waals surface area contributed by atoms with Crippen molar-refractivity contribution in [1.29, 1.82) is 0 Å². The molecule has 126 valence electrons. The minimum absolute atomic E-state index is 0.127. The lowest BCUT2D eigenvalue weighted by Gasteiger charge is -2.10. The second-order valence-corrected chi connectivity index (χ2v) is 5.85. The lowest BCUT2D eigenvalue weighted by atomic mass is 10.1. The van der Waals surface area contributed by atoms with Crippen LogP contribution in [0, 0.1) is 13.8 Å². The Hall–Kier alpha value is -3.07. The summed E-state index contributed by atoms with van der Waals surface area (Å²) in [7, 11) is 0. The van der Waals surface area contributed by atoms with E-state index in [4.69, 9.17) is 9.47 Å². The van der Waals surface area contributed by atoms with Crippen LogP contribution in [0.2, 0.25) is 0 Å². The van der Waals surface area contributed by atoms with Crippen molar-refractivity contribution >= 4 is 5.97 Å². The normalized spacial score (nSPS) is 10.3. The van der Waals surface area contributed by atoms with Gasteiger partial charge in [-0.15, -0.1) is 0 Å². The van der Waals surface area contributed by atoms with Crippen LogP contribution in [0.25, 0.3) is 11.1 Å². The third kappa shape index (κ3) is 4.27. The molecule has 3 aromatic rings. The molecule has 0 amide bonds. The molecule has 0 bridgehead atoms. The summed E-state index contributed by atoms with van der Waals surface area (Å²) in [4.78, 5) is 12.0. The topological polar surface area (TPSA) is 35.5 Å². The molecule has 3 aromatic carbocycles. The summed E-state index contributed by atoms with van der Waals surface area (Å²) >= 11 is 0. The second kappa shape index (κ2) is 7.67. The van der Waals surface area contributed by atoms with Crippen LogP contribution in [0.5, 0.6) is 11.5 Å². The number of hydrogen-bond donors (Lipinski definition) is 0. The molecule has 0 radical (unpaired) electrons. The molecule has 3 rings (SSSR count). The minimum atomic E-state index is -0.416. The minimum Gasteiger partial charge on any atom is -0.482 e. The van der Waals surface area contributed by atoms with Gasteiger partial charge < -0.3 is 9.47 Å². The molecule has 0 N–H and O–H groups in total. The Labute approximate surface area is 147 Å². The zero-order valence-corrected chi connectivity index (χ0v) is 14.4. The molecule has 0 saturated heterocycles. The molecule has 3 heteroatoms. The third-order valence-corrected chi connectivity index (χ3v) is 4.10. The van der Waals surface area contributed by atoms with Crippen LogP contribution in [-0.4, -0.2) is 12.6 Å². The van der Waals surface area contributed by atoms with E-state index in [1.54, 1.807) is 6.07 Å². The maximum absolute atomic E-state index is 12.0. The van der Waals surface area contributed by atoms with E-state index >= 15 is 0 Å². The van der Waals surface area contributed by atoms with Crippen LogP contribution in [0.3, 0.4) is 0 Å². The number of carbonyl (C=O) groups excluding carboxylic acids is 1. The van der Waals surface area contributed by atoms with Gasteiger partial charge in [-0.2, -0.15) is 0 Å². The smallest absolute Gasteiger partial charge is 0.349 e. The molecule has 0 heterocycles. The standard InChI is InChI=1S/C22H20O3/c1-16-7-6-10-21(17(16)2)25-22(23)15-24-20-13-11-19(12-14-20)18-8-4-3-5-9-18/h3-14H,15H2,1-2H3. The first-order chi connectivity index (χ1) is 12.1. The van der Waals surface area contributed by atoms with Crippen LogP contribution in [0.1, 0.15) is 11.1 Å². The predicted octanol–water partition coefficient (Wildman–Crippen LogP) is 4.95. The molecule has 0 fully saturated rings. The Morgan fingerprint density at radius 1 is 0.800 bits per heavy atom. The summed E-state index contributed by atoms with van der Waals surface area (Å²) < 4.78 is 10.9. The average molecular weight is 332 g/mol. The van der Waals surface area contributed by atoms with Crippen LogP contribution in [0.15, 0.2) is 72.8 Å². The van der Waals surface area contributed by atoms with Crippen molar-refractivity contribution in [3.8, 4) is 22.6 Å². The first-order valence-electron chi connectivity index (χ1n) is 8.18. The highest BCUT2D eigenvalue weighted by molar-refractivity contribution is 5.74. The monoisotopic (exact) mass is 332 g/mol. The van der Waals surface area contributed by atoms with E-state index in [1.165, 1.54) is 0 Å². The van der Waals surface area contributed by atoms with E-state index in [0.29, 0.717) is 11.5 Å². The van der Waals surface area contributed by atoms with Crippen molar-refractivity contribution in [2.24, 2.45) is 0 Å². The lowest BCUT2D eigenvalue weighted by Crippen LogP contribution is -2.18. The highest BCUT2D eigenvalue weighted by atomic mass is 16.6. The van der Waals surface area contributed by atoms with Crippen molar-refractivity contribution in [3.63, 3.8) is 0 Å². The number of hydrogen-bond acceptors (Lipinski definition) is 3. The number of benzene rings is 3. The van der Waals surface area contributed by atoms with Gasteiger partial charge in [-0.05, 0) is 54.3 Å². The molecular weight excluding hydrogens is 312 g/mol. The molecule has 0 spiro atoms. The van der Waals surface area contributed by atoms with Gasteiger partial charge in [0.05, 0.1) is 0 Å². The molecule has 0 atom stereocenters. The first kappa shape index (κ1) is 16.8. The van der Waals surface area contributed by atoms with Crippen molar-refractivity contribution in [2.75, 3.05) is 6.61 Å². The van der Waals surface area contributed by atoms with Crippen molar-refractivity contribution in [2.45, 2.75) is 13.8 Å². The predicted molar refractivity (Wildman–Crippen MR) is 98.9 cm³/mol. The number of rotatable bonds is 5. The second-order valence-electron chi connectivity index (χ2n) is 5.85. The van der Waals surface area contributed by atoms with Gasteiger partial charge in [-0.25, -0.2) is 4.79 Å². The summed E-state index contributed by atoms with van der Waals surface area (Å²) in [6.45, 7) is 3.79. The van der Waals surface area contributed by atoms with Gasteiger partial charge in [0, 0.05) is 0 Å². The van der Waals surface area contributed by atoms with Gasteiger partial charge >= 0.3 is 5.97 Å². The zero-order valence-electron chi connectivity index (χ0n) is 14.4.